The van der Waals surface area contributed by atoms with E-state index in [4.69, 9.17) is 5.11 Å². The quantitative estimate of drug-likeness (QED) is 0.774. The first kappa shape index (κ1) is 11.2. The molecule has 1 nitrogen and oxygen atoms in total. The molecule has 2 aromatic rings. The lowest BCUT2D eigenvalue weighted by Gasteiger charge is -1.92. The van der Waals surface area contributed by atoms with Gasteiger partial charge in [-0.15, -0.1) is 0 Å². The predicted octanol–water partition coefficient (Wildman–Crippen LogP) is 4.12. The van der Waals surface area contributed by atoms with E-state index in [-0.39, 0.29) is 0 Å². The summed E-state index contributed by atoms with van der Waals surface area (Å²) < 4.78 is 0. The molecule has 0 spiro atoms. The summed E-state index contributed by atoms with van der Waals surface area (Å²) in [5, 5.41) is 9.14. The third kappa shape index (κ3) is 3.65. The molecule has 0 aliphatic heterocycles. The highest BCUT2D eigenvalue weighted by Crippen LogP contribution is 2.11. The van der Waals surface area contributed by atoms with Gasteiger partial charge in [0.25, 0.3) is 0 Å². The largest absolute Gasteiger partial charge is 0.508 e. The van der Waals surface area contributed by atoms with Gasteiger partial charge in [-0.1, -0.05) is 66.8 Å². The molecule has 2 aromatic carbocycles. The molecule has 84 valence electrons. The minimum atomic E-state index is 0.293. The maximum absolute atomic E-state index is 9.14. The summed E-state index contributed by atoms with van der Waals surface area (Å²) in [6, 6.07) is 17.3. The molecule has 0 aromatic heterocycles. The molecule has 0 unspecified atom stereocenters. The standard InChI is InChI=1S/C16H14O/c17-16-12-10-15(11-13-16)9-5-4-8-14-6-2-1-3-7-14/h1-13,17H/b8-4-,9-5-. The second-order valence-corrected chi connectivity index (χ2v) is 3.72. The predicted molar refractivity (Wildman–Crippen MR) is 72.6 cm³/mol. The highest BCUT2D eigenvalue weighted by Gasteiger charge is 1.86. The molecule has 0 radical (unpaired) electrons. The Morgan fingerprint density at radius 2 is 1.18 bits per heavy atom. The van der Waals surface area contributed by atoms with Gasteiger partial charge in [-0.05, 0) is 23.3 Å². The molecule has 0 atom stereocenters. The second-order valence-electron chi connectivity index (χ2n) is 3.72. The van der Waals surface area contributed by atoms with Gasteiger partial charge < -0.3 is 5.11 Å². The molecule has 1 heteroatoms. The Kier molecular flexibility index (Phi) is 3.77. The Morgan fingerprint density at radius 1 is 0.647 bits per heavy atom. The fraction of sp³-hybridized carbons (Fsp3) is 0. The minimum absolute atomic E-state index is 0.293. The topological polar surface area (TPSA) is 20.2 Å². The molecule has 17 heavy (non-hydrogen) atoms. The van der Waals surface area contributed by atoms with Crippen molar-refractivity contribution < 1.29 is 5.11 Å². The van der Waals surface area contributed by atoms with Crippen molar-refractivity contribution in [1.29, 1.82) is 0 Å². The average molecular weight is 222 g/mol. The van der Waals surface area contributed by atoms with Crippen molar-refractivity contribution in [1.82, 2.24) is 0 Å². The molecule has 2 rings (SSSR count). The number of hydrogen-bond donors (Lipinski definition) is 1. The van der Waals surface area contributed by atoms with Crippen LogP contribution in [0, 0.1) is 0 Å². The van der Waals surface area contributed by atoms with Gasteiger partial charge in [0, 0.05) is 0 Å². The van der Waals surface area contributed by atoms with Gasteiger partial charge in [-0.3, -0.25) is 0 Å². The van der Waals surface area contributed by atoms with Crippen LogP contribution in [0.2, 0.25) is 0 Å². The van der Waals surface area contributed by atoms with Crippen LogP contribution in [0.15, 0.2) is 66.7 Å². The Morgan fingerprint density at radius 3 is 1.76 bits per heavy atom. The van der Waals surface area contributed by atoms with E-state index in [2.05, 4.69) is 18.2 Å². The van der Waals surface area contributed by atoms with Crippen LogP contribution >= 0.6 is 0 Å². The lowest BCUT2D eigenvalue weighted by atomic mass is 10.2. The molecule has 0 aliphatic carbocycles. The SMILES string of the molecule is Oc1ccc(/C=C\C=C/c2ccccc2)cc1. The summed E-state index contributed by atoms with van der Waals surface area (Å²) in [7, 11) is 0. The number of phenols is 1. The fourth-order valence-corrected chi connectivity index (χ4v) is 1.48. The van der Waals surface area contributed by atoms with E-state index in [1.54, 1.807) is 12.1 Å². The van der Waals surface area contributed by atoms with Gasteiger partial charge in [0.1, 0.15) is 5.75 Å². The van der Waals surface area contributed by atoms with Crippen LogP contribution in [-0.4, -0.2) is 5.11 Å². The van der Waals surface area contributed by atoms with Crippen LogP contribution in [0.1, 0.15) is 11.1 Å². The zero-order valence-corrected chi connectivity index (χ0v) is 9.45. The van der Waals surface area contributed by atoms with Gasteiger partial charge >= 0.3 is 0 Å². The smallest absolute Gasteiger partial charge is 0.115 e. The summed E-state index contributed by atoms with van der Waals surface area (Å²) in [6.07, 6.45) is 8.04. The van der Waals surface area contributed by atoms with Crippen molar-refractivity contribution in [3.63, 3.8) is 0 Å². The highest BCUT2D eigenvalue weighted by atomic mass is 16.3. The minimum Gasteiger partial charge on any atom is -0.508 e. The molecule has 0 bridgehead atoms. The molecule has 0 saturated heterocycles. The maximum atomic E-state index is 9.14. The monoisotopic (exact) mass is 222 g/mol. The fourth-order valence-electron chi connectivity index (χ4n) is 1.48. The number of aromatic hydroxyl groups is 1. The van der Waals surface area contributed by atoms with E-state index in [9.17, 15) is 0 Å². The van der Waals surface area contributed by atoms with Crippen molar-refractivity contribution in [3.8, 4) is 5.75 Å². The first-order chi connectivity index (χ1) is 8.34. The molecule has 0 saturated carbocycles. The molecule has 0 fully saturated rings. The summed E-state index contributed by atoms with van der Waals surface area (Å²) >= 11 is 0. The van der Waals surface area contributed by atoms with Gasteiger partial charge in [0.05, 0.1) is 0 Å². The van der Waals surface area contributed by atoms with E-state index in [1.165, 1.54) is 5.56 Å². The molecular weight excluding hydrogens is 208 g/mol. The molecular formula is C16H14O. The van der Waals surface area contributed by atoms with Gasteiger partial charge in [-0.2, -0.15) is 0 Å². The first-order valence-corrected chi connectivity index (χ1v) is 5.53. The van der Waals surface area contributed by atoms with E-state index in [0.717, 1.165) is 5.56 Å². The number of benzene rings is 2. The van der Waals surface area contributed by atoms with Crippen molar-refractivity contribution in [2.24, 2.45) is 0 Å². The molecule has 0 aliphatic rings. The Bertz CT molecular complexity index is 507. The normalized spacial score (nSPS) is 11.3. The first-order valence-electron chi connectivity index (χ1n) is 5.53. The zero-order chi connectivity index (χ0) is 11.9. The van der Waals surface area contributed by atoms with Gasteiger partial charge in [0.15, 0.2) is 0 Å². The van der Waals surface area contributed by atoms with Crippen LogP contribution in [0.4, 0.5) is 0 Å². The van der Waals surface area contributed by atoms with Crippen molar-refractivity contribution >= 4 is 12.2 Å². The van der Waals surface area contributed by atoms with Crippen molar-refractivity contribution in [3.05, 3.63) is 77.9 Å². The number of phenolic OH excluding ortho intramolecular Hbond substituents is 1. The van der Waals surface area contributed by atoms with Crippen molar-refractivity contribution in [2.45, 2.75) is 0 Å². The summed E-state index contributed by atoms with van der Waals surface area (Å²) in [4.78, 5) is 0. The highest BCUT2D eigenvalue weighted by molar-refractivity contribution is 5.57. The number of hydrogen-bond acceptors (Lipinski definition) is 1. The zero-order valence-electron chi connectivity index (χ0n) is 9.45. The van der Waals surface area contributed by atoms with E-state index < -0.39 is 0 Å². The summed E-state index contributed by atoms with van der Waals surface area (Å²) in [6.45, 7) is 0. The second kappa shape index (κ2) is 5.71. The summed E-state index contributed by atoms with van der Waals surface area (Å²) in [5.74, 6) is 0.293. The van der Waals surface area contributed by atoms with E-state index in [1.807, 2.05) is 48.6 Å². The molecule has 0 heterocycles. The Hall–Kier alpha value is -2.28. The molecule has 1 N–H and O–H groups in total. The summed E-state index contributed by atoms with van der Waals surface area (Å²) in [5.41, 5.74) is 2.25. The van der Waals surface area contributed by atoms with Crippen LogP contribution in [0.3, 0.4) is 0 Å². The van der Waals surface area contributed by atoms with E-state index in [0.29, 0.717) is 5.75 Å². The van der Waals surface area contributed by atoms with Crippen molar-refractivity contribution in [2.75, 3.05) is 0 Å². The average Bonchev–Trinajstić information content (AvgIpc) is 2.38. The van der Waals surface area contributed by atoms with Gasteiger partial charge in [0.2, 0.25) is 0 Å². The van der Waals surface area contributed by atoms with Crippen LogP contribution in [0.5, 0.6) is 5.75 Å². The Labute approximate surface area is 101 Å². The third-order valence-corrected chi connectivity index (χ3v) is 2.38. The number of allylic oxidation sites excluding steroid dienone is 2. The van der Waals surface area contributed by atoms with E-state index >= 15 is 0 Å². The lowest BCUT2D eigenvalue weighted by Crippen LogP contribution is -1.69. The maximum Gasteiger partial charge on any atom is 0.115 e. The third-order valence-electron chi connectivity index (χ3n) is 2.38. The number of rotatable bonds is 3. The Balaban J connectivity index is 1.98. The lowest BCUT2D eigenvalue weighted by molar-refractivity contribution is 0.475. The molecule has 0 amide bonds. The van der Waals surface area contributed by atoms with Crippen LogP contribution in [-0.2, 0) is 0 Å². The van der Waals surface area contributed by atoms with Gasteiger partial charge in [-0.25, -0.2) is 0 Å². The van der Waals surface area contributed by atoms with Crippen LogP contribution < -0.4 is 0 Å². The van der Waals surface area contributed by atoms with Crippen LogP contribution in [0.25, 0.3) is 12.2 Å².